The van der Waals surface area contributed by atoms with Crippen LogP contribution in [-0.2, 0) is 6.42 Å². The van der Waals surface area contributed by atoms with Crippen LogP contribution in [0.3, 0.4) is 0 Å². The van der Waals surface area contributed by atoms with E-state index >= 15 is 0 Å². The first kappa shape index (κ1) is 16.7. The predicted octanol–water partition coefficient (Wildman–Crippen LogP) is 3.73. The molecule has 122 valence electrons. The molecule has 2 aromatic carbocycles. The number of amides is 2. The molecule has 0 atom stereocenters. The van der Waals surface area contributed by atoms with E-state index in [0.29, 0.717) is 5.69 Å². The van der Waals surface area contributed by atoms with Crippen molar-refractivity contribution in [1.29, 1.82) is 0 Å². The highest BCUT2D eigenvalue weighted by Gasteiger charge is 2.04. The highest BCUT2D eigenvalue weighted by molar-refractivity contribution is 5.89. The third kappa shape index (κ3) is 5.25. The summed E-state index contributed by atoms with van der Waals surface area (Å²) in [5.41, 5.74) is 1.89. The van der Waals surface area contributed by atoms with Gasteiger partial charge < -0.3 is 15.4 Å². The summed E-state index contributed by atoms with van der Waals surface area (Å²) in [6.07, 6.45) is 0.938. The zero-order valence-corrected chi connectivity index (χ0v) is 12.7. The van der Waals surface area contributed by atoms with Crippen molar-refractivity contribution in [1.82, 2.24) is 5.32 Å². The molecule has 0 unspecified atom stereocenters. The number of anilines is 1. The van der Waals surface area contributed by atoms with Gasteiger partial charge in [0, 0.05) is 11.8 Å². The Bertz CT molecular complexity index is 660. The zero-order valence-electron chi connectivity index (χ0n) is 12.7. The molecule has 0 saturated heterocycles. The number of benzene rings is 2. The van der Waals surface area contributed by atoms with Crippen LogP contribution in [0, 0.1) is 11.6 Å². The van der Waals surface area contributed by atoms with Gasteiger partial charge in [0.1, 0.15) is 12.4 Å². The quantitative estimate of drug-likeness (QED) is 0.797. The molecule has 4 nitrogen and oxygen atoms in total. The van der Waals surface area contributed by atoms with Crippen molar-refractivity contribution in [3.63, 3.8) is 0 Å². The number of rotatable bonds is 6. The summed E-state index contributed by atoms with van der Waals surface area (Å²) in [5, 5.41) is 5.31. The second kappa shape index (κ2) is 8.12. The van der Waals surface area contributed by atoms with Crippen LogP contribution in [0.5, 0.6) is 5.75 Å². The van der Waals surface area contributed by atoms with Crippen LogP contribution in [0.4, 0.5) is 19.3 Å². The second-order valence-electron chi connectivity index (χ2n) is 4.86. The molecule has 6 heteroatoms. The number of ether oxygens (including phenoxy) is 1. The Kier molecular flexibility index (Phi) is 5.91. The van der Waals surface area contributed by atoms with Crippen molar-refractivity contribution in [3.8, 4) is 5.75 Å². The molecule has 2 aromatic rings. The van der Waals surface area contributed by atoms with Gasteiger partial charge in [-0.1, -0.05) is 19.1 Å². The van der Waals surface area contributed by atoms with Crippen LogP contribution in [0.2, 0.25) is 0 Å². The van der Waals surface area contributed by atoms with E-state index in [9.17, 15) is 13.6 Å². The minimum atomic E-state index is -0.969. The van der Waals surface area contributed by atoms with Crippen LogP contribution in [0.1, 0.15) is 12.5 Å². The van der Waals surface area contributed by atoms with E-state index in [0.717, 1.165) is 18.6 Å². The molecule has 0 aliphatic rings. The average molecular weight is 320 g/mol. The van der Waals surface area contributed by atoms with Crippen LogP contribution in [-0.4, -0.2) is 19.2 Å². The normalized spacial score (nSPS) is 10.2. The molecule has 2 N–H and O–H groups in total. The summed E-state index contributed by atoms with van der Waals surface area (Å²) in [6, 6.07) is 10.5. The van der Waals surface area contributed by atoms with E-state index in [2.05, 4.69) is 17.6 Å². The van der Waals surface area contributed by atoms with Gasteiger partial charge in [0.2, 0.25) is 0 Å². The number of aryl methyl sites for hydroxylation is 1. The molecule has 2 rings (SSSR count). The van der Waals surface area contributed by atoms with Gasteiger partial charge in [0.25, 0.3) is 0 Å². The maximum atomic E-state index is 13.0. The number of carbonyl (C=O) groups excluding carboxylic acids is 1. The van der Waals surface area contributed by atoms with Gasteiger partial charge in [-0.2, -0.15) is 0 Å². The number of carbonyl (C=O) groups is 1. The average Bonchev–Trinajstić information content (AvgIpc) is 2.55. The third-order valence-corrected chi connectivity index (χ3v) is 3.17. The SMILES string of the molecule is CCc1ccc(NC(=O)NCCOc2ccc(F)c(F)c2)cc1. The molecular formula is C17H18F2N2O2. The molecule has 0 saturated carbocycles. The van der Waals surface area contributed by atoms with Gasteiger partial charge in [-0.3, -0.25) is 0 Å². The third-order valence-electron chi connectivity index (χ3n) is 3.17. The summed E-state index contributed by atoms with van der Waals surface area (Å²) in [6.45, 7) is 2.44. The number of nitrogens with one attached hydrogen (secondary N) is 2. The first-order chi connectivity index (χ1) is 11.1. The van der Waals surface area contributed by atoms with Crippen molar-refractivity contribution in [3.05, 3.63) is 59.7 Å². The highest BCUT2D eigenvalue weighted by Crippen LogP contribution is 2.15. The van der Waals surface area contributed by atoms with Gasteiger partial charge in [-0.15, -0.1) is 0 Å². The fraction of sp³-hybridized carbons (Fsp3) is 0.235. The molecule has 0 spiro atoms. The smallest absolute Gasteiger partial charge is 0.319 e. The maximum Gasteiger partial charge on any atom is 0.319 e. The maximum absolute atomic E-state index is 13.0. The monoisotopic (exact) mass is 320 g/mol. The molecule has 23 heavy (non-hydrogen) atoms. The highest BCUT2D eigenvalue weighted by atomic mass is 19.2. The van der Waals surface area contributed by atoms with Crippen LogP contribution in [0.15, 0.2) is 42.5 Å². The Morgan fingerprint density at radius 1 is 1.09 bits per heavy atom. The number of urea groups is 1. The fourth-order valence-corrected chi connectivity index (χ4v) is 1.90. The summed E-state index contributed by atoms with van der Waals surface area (Å²) in [5.74, 6) is -1.69. The van der Waals surface area contributed by atoms with Gasteiger partial charge in [-0.25, -0.2) is 13.6 Å². The molecule has 0 aliphatic carbocycles. The van der Waals surface area contributed by atoms with Gasteiger partial charge >= 0.3 is 6.03 Å². The Balaban J connectivity index is 1.70. The largest absolute Gasteiger partial charge is 0.492 e. The molecule has 0 radical (unpaired) electrons. The molecule has 0 bridgehead atoms. The standard InChI is InChI=1S/C17H18F2N2O2/c1-2-12-3-5-13(6-4-12)21-17(22)20-9-10-23-14-7-8-15(18)16(19)11-14/h3-8,11H,2,9-10H2,1H3,(H2,20,21,22). The topological polar surface area (TPSA) is 50.4 Å². The minimum absolute atomic E-state index is 0.146. The lowest BCUT2D eigenvalue weighted by Crippen LogP contribution is -2.32. The molecular weight excluding hydrogens is 302 g/mol. The predicted molar refractivity (Wildman–Crippen MR) is 84.7 cm³/mol. The molecule has 0 aliphatic heterocycles. The lowest BCUT2D eigenvalue weighted by Gasteiger charge is -2.09. The van der Waals surface area contributed by atoms with E-state index < -0.39 is 11.6 Å². The first-order valence-electron chi connectivity index (χ1n) is 7.30. The minimum Gasteiger partial charge on any atom is -0.492 e. The fourth-order valence-electron chi connectivity index (χ4n) is 1.90. The van der Waals surface area contributed by atoms with Crippen molar-refractivity contribution >= 4 is 11.7 Å². The second-order valence-corrected chi connectivity index (χ2v) is 4.86. The van der Waals surface area contributed by atoms with Gasteiger partial charge in [0.05, 0.1) is 6.54 Å². The number of hydrogen-bond acceptors (Lipinski definition) is 2. The molecule has 0 heterocycles. The van der Waals surface area contributed by atoms with Gasteiger partial charge in [0.15, 0.2) is 11.6 Å². The van der Waals surface area contributed by atoms with E-state index in [1.54, 1.807) is 0 Å². The first-order valence-corrected chi connectivity index (χ1v) is 7.30. The number of halogens is 2. The van der Waals surface area contributed by atoms with Crippen molar-refractivity contribution in [2.24, 2.45) is 0 Å². The molecule has 2 amide bonds. The molecule has 0 aromatic heterocycles. The van der Waals surface area contributed by atoms with Crippen molar-refractivity contribution in [2.75, 3.05) is 18.5 Å². The van der Waals surface area contributed by atoms with Crippen molar-refractivity contribution < 1.29 is 18.3 Å². The Morgan fingerprint density at radius 3 is 2.48 bits per heavy atom. The van der Waals surface area contributed by atoms with E-state index in [-0.39, 0.29) is 24.9 Å². The molecule has 0 fully saturated rings. The van der Waals surface area contributed by atoms with Crippen LogP contribution >= 0.6 is 0 Å². The Labute approximate surface area is 133 Å². The summed E-state index contributed by atoms with van der Waals surface area (Å²) in [7, 11) is 0. The van der Waals surface area contributed by atoms with E-state index in [1.165, 1.54) is 11.6 Å². The van der Waals surface area contributed by atoms with Gasteiger partial charge in [-0.05, 0) is 36.2 Å². The Morgan fingerprint density at radius 2 is 1.83 bits per heavy atom. The van der Waals surface area contributed by atoms with Crippen LogP contribution in [0.25, 0.3) is 0 Å². The van der Waals surface area contributed by atoms with E-state index in [4.69, 9.17) is 4.74 Å². The summed E-state index contributed by atoms with van der Waals surface area (Å²) < 4.78 is 31.0. The summed E-state index contributed by atoms with van der Waals surface area (Å²) >= 11 is 0. The Hall–Kier alpha value is -2.63. The lowest BCUT2D eigenvalue weighted by molar-refractivity contribution is 0.247. The van der Waals surface area contributed by atoms with E-state index in [1.807, 2.05) is 24.3 Å². The summed E-state index contributed by atoms with van der Waals surface area (Å²) in [4.78, 5) is 11.7. The van der Waals surface area contributed by atoms with Crippen molar-refractivity contribution in [2.45, 2.75) is 13.3 Å². The zero-order chi connectivity index (χ0) is 16.7. The number of hydrogen-bond donors (Lipinski definition) is 2. The lowest BCUT2D eigenvalue weighted by atomic mass is 10.1. The van der Waals surface area contributed by atoms with Crippen LogP contribution < -0.4 is 15.4 Å².